The second-order valence-electron chi connectivity index (χ2n) is 1.18. The smallest absolute Gasteiger partial charge is 0.0870 e. The molecule has 1 rings (SSSR count). The Bertz CT molecular complexity index is 144. The lowest BCUT2D eigenvalue weighted by Gasteiger charge is -1.74. The maximum absolute atomic E-state index is 5.52. The second-order valence-corrected chi connectivity index (χ2v) is 2.13. The zero-order chi connectivity index (χ0) is 5.28. The number of aryl methyl sites for hydroxylation is 1. The summed E-state index contributed by atoms with van der Waals surface area (Å²) in [5.74, 6) is 0. The van der Waals surface area contributed by atoms with Crippen LogP contribution in [0.5, 0.6) is 0 Å². The maximum atomic E-state index is 5.52. The van der Waals surface area contributed by atoms with E-state index in [1.807, 2.05) is 6.92 Å². The van der Waals surface area contributed by atoms with Gasteiger partial charge in [0.1, 0.15) is 0 Å². The molecule has 37 valence electrons. The van der Waals surface area contributed by atoms with Crippen molar-refractivity contribution in [1.82, 2.24) is 4.37 Å². The Morgan fingerprint density at radius 2 is 2.57 bits per heavy atom. The highest BCUT2D eigenvalue weighted by molar-refractivity contribution is 7.03. The lowest BCUT2D eigenvalue weighted by atomic mass is 10.5. The van der Waals surface area contributed by atoms with Crippen LogP contribution in [0, 0.1) is 12.3 Å². The molecule has 0 aliphatic rings. The third-order valence-corrected chi connectivity index (χ3v) is 1.78. The van der Waals surface area contributed by atoms with E-state index < -0.39 is 0 Å². The third kappa shape index (κ3) is 0.924. The van der Waals surface area contributed by atoms with Crippen LogP contribution in [-0.2, 0) is 0 Å². The Kier molecular flexibility index (Phi) is 1.30. The van der Waals surface area contributed by atoms with E-state index in [4.69, 9.17) is 11.6 Å². The first-order chi connectivity index (χ1) is 3.30. The van der Waals surface area contributed by atoms with Gasteiger partial charge in [0, 0.05) is 0 Å². The van der Waals surface area contributed by atoms with Gasteiger partial charge in [-0.15, -0.1) is 0 Å². The fourth-order valence-electron chi connectivity index (χ4n) is 0.245. The molecule has 0 fully saturated rings. The number of aromatic nitrogens is 1. The Morgan fingerprint density at radius 3 is 2.71 bits per heavy atom. The molecule has 0 aliphatic carbocycles. The molecule has 3 heteroatoms. The fraction of sp³-hybridized carbons (Fsp3) is 0.250. The van der Waals surface area contributed by atoms with E-state index in [9.17, 15) is 0 Å². The zero-order valence-corrected chi connectivity index (χ0v) is 5.31. The van der Waals surface area contributed by atoms with Crippen molar-refractivity contribution < 1.29 is 0 Å². The Labute approximate surface area is 51.1 Å². The molecule has 1 radical (unpaired) electrons. The SMILES string of the molecule is Cc1ns[c]c1Cl. The minimum atomic E-state index is 0.644. The third-order valence-electron chi connectivity index (χ3n) is 0.635. The van der Waals surface area contributed by atoms with Crippen molar-refractivity contribution in [3.63, 3.8) is 0 Å². The van der Waals surface area contributed by atoms with Crippen LogP contribution in [0.3, 0.4) is 0 Å². The lowest BCUT2D eigenvalue weighted by molar-refractivity contribution is 1.35. The van der Waals surface area contributed by atoms with E-state index >= 15 is 0 Å². The van der Waals surface area contributed by atoms with E-state index in [0.717, 1.165) is 5.69 Å². The number of rotatable bonds is 0. The Hall–Kier alpha value is -0.0800. The van der Waals surface area contributed by atoms with E-state index in [1.165, 1.54) is 11.5 Å². The lowest BCUT2D eigenvalue weighted by Crippen LogP contribution is -1.63. The summed E-state index contributed by atoms with van der Waals surface area (Å²) in [6.45, 7) is 1.86. The van der Waals surface area contributed by atoms with E-state index in [2.05, 4.69) is 9.75 Å². The van der Waals surface area contributed by atoms with Gasteiger partial charge in [-0.25, -0.2) is 0 Å². The van der Waals surface area contributed by atoms with Crippen molar-refractivity contribution in [2.45, 2.75) is 6.92 Å². The van der Waals surface area contributed by atoms with Crippen LogP contribution in [0.4, 0.5) is 0 Å². The molecule has 1 heterocycles. The number of hydrogen-bond donors (Lipinski definition) is 0. The monoisotopic (exact) mass is 132 g/mol. The zero-order valence-electron chi connectivity index (χ0n) is 3.73. The molecular formula is C4H3ClNS. The first-order valence-corrected chi connectivity index (χ1v) is 2.95. The summed E-state index contributed by atoms with van der Waals surface area (Å²) in [5.41, 5.74) is 0.867. The quantitative estimate of drug-likeness (QED) is 0.526. The van der Waals surface area contributed by atoms with Gasteiger partial charge in [0.2, 0.25) is 0 Å². The highest BCUT2D eigenvalue weighted by Gasteiger charge is 1.92. The molecule has 0 N–H and O–H groups in total. The average molecular weight is 133 g/mol. The maximum Gasteiger partial charge on any atom is 0.0870 e. The first kappa shape index (κ1) is 5.06. The van der Waals surface area contributed by atoms with Crippen molar-refractivity contribution >= 4 is 23.1 Å². The van der Waals surface area contributed by atoms with Gasteiger partial charge in [-0.3, -0.25) is 0 Å². The van der Waals surface area contributed by atoms with Gasteiger partial charge < -0.3 is 0 Å². The fourth-order valence-corrected chi connectivity index (χ4v) is 0.943. The van der Waals surface area contributed by atoms with E-state index in [0.29, 0.717) is 5.02 Å². The van der Waals surface area contributed by atoms with Gasteiger partial charge >= 0.3 is 0 Å². The largest absolute Gasteiger partial charge is 0.196 e. The molecule has 1 aromatic rings. The topological polar surface area (TPSA) is 12.9 Å². The van der Waals surface area contributed by atoms with Crippen LogP contribution in [0.2, 0.25) is 5.02 Å². The van der Waals surface area contributed by atoms with Crippen molar-refractivity contribution in [2.24, 2.45) is 0 Å². The summed E-state index contributed by atoms with van der Waals surface area (Å²) < 4.78 is 3.87. The average Bonchev–Trinajstić information content (AvgIpc) is 1.91. The van der Waals surface area contributed by atoms with Crippen LogP contribution in [0.1, 0.15) is 5.69 Å². The van der Waals surface area contributed by atoms with Crippen LogP contribution in [0.25, 0.3) is 0 Å². The predicted molar refractivity (Wildman–Crippen MR) is 30.7 cm³/mol. The normalized spacial score (nSPS) is 9.43. The molecule has 0 spiro atoms. The summed E-state index contributed by atoms with van der Waals surface area (Å²) >= 11 is 6.78. The Balaban J connectivity index is 3.12. The molecule has 0 aromatic carbocycles. The van der Waals surface area contributed by atoms with Gasteiger partial charge in [0.25, 0.3) is 0 Å². The van der Waals surface area contributed by atoms with Gasteiger partial charge in [-0.05, 0) is 18.5 Å². The summed E-state index contributed by atoms with van der Waals surface area (Å²) in [6, 6.07) is 0. The minimum Gasteiger partial charge on any atom is -0.196 e. The van der Waals surface area contributed by atoms with Crippen LogP contribution in [0.15, 0.2) is 0 Å². The van der Waals surface area contributed by atoms with E-state index in [1.54, 1.807) is 0 Å². The molecule has 0 amide bonds. The summed E-state index contributed by atoms with van der Waals surface area (Å²) in [6.07, 6.45) is 0. The molecule has 0 bridgehead atoms. The van der Waals surface area contributed by atoms with Crippen molar-refractivity contribution in [2.75, 3.05) is 0 Å². The summed E-state index contributed by atoms with van der Waals surface area (Å²) in [5, 5.41) is 3.41. The predicted octanol–water partition coefficient (Wildman–Crippen LogP) is 1.91. The molecule has 0 aliphatic heterocycles. The minimum absolute atomic E-state index is 0.644. The van der Waals surface area contributed by atoms with Crippen molar-refractivity contribution in [3.05, 3.63) is 16.1 Å². The van der Waals surface area contributed by atoms with Gasteiger partial charge in [-0.2, -0.15) is 4.37 Å². The van der Waals surface area contributed by atoms with Gasteiger partial charge in [-0.1, -0.05) is 11.6 Å². The van der Waals surface area contributed by atoms with Crippen molar-refractivity contribution in [1.29, 1.82) is 0 Å². The molecule has 0 saturated carbocycles. The van der Waals surface area contributed by atoms with E-state index in [-0.39, 0.29) is 0 Å². The standard InChI is InChI=1S/C4H3ClNS/c1-3-4(5)2-7-6-3/h1H3. The second kappa shape index (κ2) is 1.80. The summed E-state index contributed by atoms with van der Waals surface area (Å²) in [4.78, 5) is 0. The molecule has 1 aromatic heterocycles. The first-order valence-electron chi connectivity index (χ1n) is 1.80. The molecule has 1 nitrogen and oxygen atoms in total. The van der Waals surface area contributed by atoms with Crippen molar-refractivity contribution in [3.8, 4) is 0 Å². The number of hydrogen-bond acceptors (Lipinski definition) is 2. The number of halogens is 1. The van der Waals surface area contributed by atoms with Crippen LogP contribution in [-0.4, -0.2) is 4.37 Å². The Morgan fingerprint density at radius 1 is 1.86 bits per heavy atom. The molecule has 0 unspecified atom stereocenters. The van der Waals surface area contributed by atoms with Gasteiger partial charge in [0.05, 0.1) is 16.1 Å². The highest BCUT2D eigenvalue weighted by atomic mass is 35.5. The highest BCUT2D eigenvalue weighted by Crippen LogP contribution is 2.13. The summed E-state index contributed by atoms with van der Waals surface area (Å²) in [7, 11) is 0. The number of nitrogens with zero attached hydrogens (tertiary/aromatic N) is 1. The van der Waals surface area contributed by atoms with Crippen LogP contribution >= 0.6 is 23.1 Å². The molecular weight excluding hydrogens is 130 g/mol. The van der Waals surface area contributed by atoms with Crippen LogP contribution < -0.4 is 0 Å². The molecule has 0 saturated heterocycles. The molecule has 0 atom stereocenters. The van der Waals surface area contributed by atoms with Gasteiger partial charge in [0.15, 0.2) is 0 Å². The molecule has 7 heavy (non-hydrogen) atoms.